The molecule has 0 saturated heterocycles. The molecule has 0 radical (unpaired) electrons. The van der Waals surface area contributed by atoms with E-state index in [-0.39, 0.29) is 0 Å². The molecule has 212 valence electrons. The van der Waals surface area contributed by atoms with Crippen LogP contribution in [0.5, 0.6) is 0 Å². The number of nitrogens with zero attached hydrogens (tertiary/aromatic N) is 4. The first-order valence-electron chi connectivity index (χ1n) is 14.8. The average molecular weight is 593 g/mol. The van der Waals surface area contributed by atoms with Gasteiger partial charge in [-0.05, 0) is 26.8 Å². The summed E-state index contributed by atoms with van der Waals surface area (Å²) < 4.78 is 0. The van der Waals surface area contributed by atoms with E-state index in [0.717, 1.165) is 16.7 Å². The molecule has 0 unspecified atom stereocenters. The van der Waals surface area contributed by atoms with Gasteiger partial charge in [0.15, 0.2) is 31.2 Å². The highest BCUT2D eigenvalue weighted by atomic mass is 28.3. The topological polar surface area (TPSA) is 43.0 Å². The third-order valence-corrected chi connectivity index (χ3v) is 12.9. The zero-order valence-electron chi connectivity index (χ0n) is 24.5. The van der Waals surface area contributed by atoms with Gasteiger partial charge in [0, 0.05) is 16.7 Å². The first-order chi connectivity index (χ1) is 22.3. The Balaban J connectivity index is 1.48. The summed E-state index contributed by atoms with van der Waals surface area (Å²) in [6.45, 7) is 7.53. The van der Waals surface area contributed by atoms with Gasteiger partial charge in [-0.25, -0.2) is 19.8 Å². The van der Waals surface area contributed by atoms with E-state index in [9.17, 15) is 0 Å². The molecular formula is C40H28N4Si. The maximum atomic E-state index is 7.53. The summed E-state index contributed by atoms with van der Waals surface area (Å²) in [5.74, 6) is 1.71. The third-order valence-electron chi connectivity index (χ3n) is 8.08. The van der Waals surface area contributed by atoms with Gasteiger partial charge < -0.3 is 0 Å². The Labute approximate surface area is 264 Å². The SMILES string of the molecule is [C-]#[N+]c1cccc(-c2nc(-c3ccccc3)nc(-c3cccc([Si](c4ccccc4)(c4ccccc4)c4ccccc4)c3)n2)c1. The predicted molar refractivity (Wildman–Crippen MR) is 186 cm³/mol. The molecule has 0 amide bonds. The fourth-order valence-electron chi connectivity index (χ4n) is 6.02. The molecule has 0 bridgehead atoms. The Morgan fingerprint density at radius 3 is 1.24 bits per heavy atom. The van der Waals surface area contributed by atoms with Crippen molar-refractivity contribution in [3.63, 3.8) is 0 Å². The van der Waals surface area contributed by atoms with E-state index >= 15 is 0 Å². The molecular weight excluding hydrogens is 565 g/mol. The smallest absolute Gasteiger partial charge is 0.187 e. The first kappa shape index (κ1) is 27.8. The highest BCUT2D eigenvalue weighted by molar-refractivity contribution is 7.19. The predicted octanol–water partition coefficient (Wildman–Crippen LogP) is 6.80. The Hall–Kier alpha value is -5.96. The molecule has 0 fully saturated rings. The van der Waals surface area contributed by atoms with E-state index in [1.165, 1.54) is 20.7 Å². The Bertz CT molecular complexity index is 2010. The number of hydrogen-bond donors (Lipinski definition) is 0. The normalized spacial score (nSPS) is 11.1. The molecule has 0 saturated carbocycles. The molecule has 0 N–H and O–H groups in total. The van der Waals surface area contributed by atoms with Crippen molar-refractivity contribution in [1.29, 1.82) is 0 Å². The van der Waals surface area contributed by atoms with Crippen LogP contribution in [0.2, 0.25) is 0 Å². The maximum absolute atomic E-state index is 7.53. The molecule has 0 atom stereocenters. The van der Waals surface area contributed by atoms with Crippen molar-refractivity contribution in [2.75, 3.05) is 0 Å². The van der Waals surface area contributed by atoms with Gasteiger partial charge in [0.2, 0.25) is 0 Å². The van der Waals surface area contributed by atoms with Crippen LogP contribution in [0.1, 0.15) is 0 Å². The summed E-state index contributed by atoms with van der Waals surface area (Å²) in [6, 6.07) is 58.7. The second-order valence-corrected chi connectivity index (χ2v) is 14.6. The molecule has 0 aliphatic rings. The summed E-state index contributed by atoms with van der Waals surface area (Å²) in [4.78, 5) is 18.5. The van der Waals surface area contributed by atoms with Crippen molar-refractivity contribution in [1.82, 2.24) is 15.0 Å². The fourth-order valence-corrected chi connectivity index (χ4v) is 10.8. The molecule has 5 heteroatoms. The molecule has 0 aliphatic carbocycles. The zero-order valence-corrected chi connectivity index (χ0v) is 25.5. The van der Waals surface area contributed by atoms with Crippen LogP contribution in [0.3, 0.4) is 0 Å². The third kappa shape index (κ3) is 5.36. The van der Waals surface area contributed by atoms with Crippen molar-refractivity contribution in [2.24, 2.45) is 0 Å². The lowest BCUT2D eigenvalue weighted by Crippen LogP contribution is -2.74. The van der Waals surface area contributed by atoms with Gasteiger partial charge in [0.05, 0.1) is 6.57 Å². The molecule has 45 heavy (non-hydrogen) atoms. The lowest BCUT2D eigenvalue weighted by atomic mass is 10.1. The van der Waals surface area contributed by atoms with Crippen LogP contribution in [0.4, 0.5) is 5.69 Å². The Morgan fingerprint density at radius 1 is 0.378 bits per heavy atom. The minimum absolute atomic E-state index is 0.535. The molecule has 0 spiro atoms. The summed E-state index contributed by atoms with van der Waals surface area (Å²) in [5.41, 5.74) is 3.14. The van der Waals surface area contributed by atoms with E-state index in [4.69, 9.17) is 21.5 Å². The number of aromatic nitrogens is 3. The molecule has 6 aromatic carbocycles. The highest BCUT2D eigenvalue weighted by Crippen LogP contribution is 2.27. The van der Waals surface area contributed by atoms with Gasteiger partial charge in [-0.3, -0.25) is 0 Å². The van der Waals surface area contributed by atoms with E-state index in [1.807, 2.05) is 48.5 Å². The minimum Gasteiger partial charge on any atom is -0.238 e. The van der Waals surface area contributed by atoms with Gasteiger partial charge in [-0.1, -0.05) is 164 Å². The highest BCUT2D eigenvalue weighted by Gasteiger charge is 2.41. The van der Waals surface area contributed by atoms with Crippen molar-refractivity contribution < 1.29 is 0 Å². The summed E-state index contributed by atoms with van der Waals surface area (Å²) >= 11 is 0. The van der Waals surface area contributed by atoms with Crippen molar-refractivity contribution in [3.05, 3.63) is 181 Å². The summed E-state index contributed by atoms with van der Waals surface area (Å²) in [5, 5.41) is 5.15. The van der Waals surface area contributed by atoms with Gasteiger partial charge in [-0.15, -0.1) is 0 Å². The fraction of sp³-hybridized carbons (Fsp3) is 0. The standard InChI is InChI=1S/C40H28N4Si/c1-41-33-20-14-18-31(28-33)39-42-38(30-16-6-2-7-17-30)43-40(44-39)32-19-15-27-37(29-32)45(34-21-8-3-9-22-34,35-23-10-4-11-24-35)36-25-12-5-13-26-36/h2-29H. The molecule has 7 rings (SSSR count). The maximum Gasteiger partial charge on any atom is 0.187 e. The van der Waals surface area contributed by atoms with Crippen LogP contribution in [0.25, 0.3) is 39.0 Å². The van der Waals surface area contributed by atoms with Gasteiger partial charge in [-0.2, -0.15) is 0 Å². The van der Waals surface area contributed by atoms with Gasteiger partial charge in [0.1, 0.15) is 0 Å². The van der Waals surface area contributed by atoms with Crippen molar-refractivity contribution in [3.8, 4) is 34.2 Å². The second-order valence-electron chi connectivity index (χ2n) is 10.8. The largest absolute Gasteiger partial charge is 0.238 e. The monoisotopic (exact) mass is 592 g/mol. The van der Waals surface area contributed by atoms with E-state index < -0.39 is 8.07 Å². The van der Waals surface area contributed by atoms with Gasteiger partial charge >= 0.3 is 0 Å². The van der Waals surface area contributed by atoms with Crippen LogP contribution in [0, 0.1) is 6.57 Å². The quantitative estimate of drug-likeness (QED) is 0.116. The molecule has 7 aromatic rings. The summed E-state index contributed by atoms with van der Waals surface area (Å²) in [6.07, 6.45) is 0. The van der Waals surface area contributed by atoms with E-state index in [1.54, 1.807) is 6.07 Å². The molecule has 4 nitrogen and oxygen atoms in total. The number of rotatable bonds is 7. The van der Waals surface area contributed by atoms with Crippen LogP contribution >= 0.6 is 0 Å². The zero-order chi connectivity index (χ0) is 30.5. The Kier molecular flexibility index (Phi) is 7.63. The van der Waals surface area contributed by atoms with Crippen LogP contribution in [-0.4, -0.2) is 23.0 Å². The van der Waals surface area contributed by atoms with Gasteiger partial charge in [0.25, 0.3) is 0 Å². The second kappa shape index (κ2) is 12.3. The van der Waals surface area contributed by atoms with E-state index in [2.05, 4.69) is 120 Å². The number of hydrogen-bond acceptors (Lipinski definition) is 3. The lowest BCUT2D eigenvalue weighted by molar-refractivity contribution is 1.07. The van der Waals surface area contributed by atoms with Crippen LogP contribution in [-0.2, 0) is 0 Å². The number of benzene rings is 6. The average Bonchev–Trinajstić information content (AvgIpc) is 3.14. The van der Waals surface area contributed by atoms with Crippen LogP contribution in [0.15, 0.2) is 170 Å². The van der Waals surface area contributed by atoms with Crippen LogP contribution < -0.4 is 20.7 Å². The molecule has 0 aliphatic heterocycles. The van der Waals surface area contributed by atoms with Crippen molar-refractivity contribution >= 4 is 34.5 Å². The lowest BCUT2D eigenvalue weighted by Gasteiger charge is -2.34. The molecule has 1 heterocycles. The first-order valence-corrected chi connectivity index (χ1v) is 16.8. The Morgan fingerprint density at radius 2 is 0.756 bits per heavy atom. The van der Waals surface area contributed by atoms with Crippen molar-refractivity contribution in [2.45, 2.75) is 0 Å². The summed E-state index contributed by atoms with van der Waals surface area (Å²) in [7, 11) is -2.74. The molecule has 1 aromatic heterocycles. The minimum atomic E-state index is -2.74. The van der Waals surface area contributed by atoms with E-state index in [0.29, 0.717) is 23.2 Å².